The maximum absolute atomic E-state index is 12.2. The van der Waals surface area contributed by atoms with Gasteiger partial charge in [-0.1, -0.05) is 0 Å². The van der Waals surface area contributed by atoms with Crippen LogP contribution < -0.4 is 5.32 Å². The summed E-state index contributed by atoms with van der Waals surface area (Å²) < 4.78 is 58.6. The largest absolute Gasteiger partial charge is 0.394 e. The Kier molecular flexibility index (Phi) is 2.59. The van der Waals surface area contributed by atoms with E-state index in [4.69, 9.17) is 0 Å². The summed E-state index contributed by atoms with van der Waals surface area (Å²) in [5.74, 6) is -1.76. The summed E-state index contributed by atoms with van der Waals surface area (Å²) in [6.45, 7) is -0.412. The Morgan fingerprint density at radius 2 is 1.85 bits per heavy atom. The maximum atomic E-state index is 12.2. The molecule has 1 N–H and O–H groups in total. The number of halogens is 3. The molecule has 1 saturated heterocycles. The lowest BCUT2D eigenvalue weighted by Crippen LogP contribution is -2.37. The summed E-state index contributed by atoms with van der Waals surface area (Å²) >= 11 is 0. The van der Waals surface area contributed by atoms with Crippen molar-refractivity contribution in [1.29, 1.82) is 0 Å². The highest BCUT2D eigenvalue weighted by Crippen LogP contribution is 2.33. The Balaban J connectivity index is 2.89. The highest BCUT2D eigenvalue weighted by molar-refractivity contribution is 7.91. The molecule has 0 amide bonds. The normalized spacial score (nSPS) is 30.8. The number of nitrogens with one attached hydrogen (secondary N) is 1. The van der Waals surface area contributed by atoms with Crippen molar-refractivity contribution in [1.82, 2.24) is 5.32 Å². The second kappa shape index (κ2) is 3.13. The molecule has 1 aliphatic heterocycles. The molecule has 0 aromatic carbocycles. The van der Waals surface area contributed by atoms with Gasteiger partial charge in [-0.2, -0.15) is 13.2 Å². The lowest BCUT2D eigenvalue weighted by Gasteiger charge is -2.19. The highest BCUT2D eigenvalue weighted by atomic mass is 32.2. The third kappa shape index (κ3) is 2.34. The van der Waals surface area contributed by atoms with E-state index in [0.29, 0.717) is 0 Å². The van der Waals surface area contributed by atoms with Crippen LogP contribution in [0.15, 0.2) is 0 Å². The molecule has 1 rings (SSSR count). The summed E-state index contributed by atoms with van der Waals surface area (Å²) in [6.07, 6.45) is -3.60. The van der Waals surface area contributed by atoms with Crippen LogP contribution in [0.2, 0.25) is 0 Å². The maximum Gasteiger partial charge on any atom is 0.394 e. The highest BCUT2D eigenvalue weighted by Gasteiger charge is 2.50. The number of alkyl halides is 3. The zero-order valence-corrected chi connectivity index (χ0v) is 7.74. The molecule has 0 radical (unpaired) electrons. The van der Waals surface area contributed by atoms with Crippen molar-refractivity contribution in [3.05, 3.63) is 0 Å². The zero-order valence-electron chi connectivity index (χ0n) is 6.93. The summed E-state index contributed by atoms with van der Waals surface area (Å²) in [4.78, 5) is 0. The van der Waals surface area contributed by atoms with Gasteiger partial charge in [0.2, 0.25) is 0 Å². The summed E-state index contributed by atoms with van der Waals surface area (Å²) in [6, 6.07) is 0. The van der Waals surface area contributed by atoms with Gasteiger partial charge < -0.3 is 5.32 Å². The fourth-order valence-corrected chi connectivity index (χ4v) is 2.70. The van der Waals surface area contributed by atoms with Gasteiger partial charge in [-0.15, -0.1) is 0 Å². The van der Waals surface area contributed by atoms with Crippen LogP contribution in [-0.4, -0.2) is 39.2 Å². The van der Waals surface area contributed by atoms with Gasteiger partial charge in [0, 0.05) is 19.3 Å². The van der Waals surface area contributed by atoms with Gasteiger partial charge >= 0.3 is 6.18 Å². The first-order chi connectivity index (χ1) is 5.73. The van der Waals surface area contributed by atoms with Gasteiger partial charge in [0.25, 0.3) is 0 Å². The molecule has 1 heterocycles. The first-order valence-corrected chi connectivity index (χ1v) is 5.64. The second-order valence-corrected chi connectivity index (χ2v) is 5.44. The number of rotatable bonds is 1. The predicted octanol–water partition coefficient (Wildman–Crippen LogP) is 0.181. The Labute approximate surface area is 74.2 Å². The van der Waals surface area contributed by atoms with Crippen LogP contribution in [0.1, 0.15) is 0 Å². The van der Waals surface area contributed by atoms with Crippen LogP contribution in [0.25, 0.3) is 0 Å². The van der Waals surface area contributed by atoms with E-state index in [2.05, 4.69) is 5.32 Å². The first-order valence-electron chi connectivity index (χ1n) is 3.69. The fraction of sp³-hybridized carbons (Fsp3) is 1.00. The molecule has 2 atom stereocenters. The number of hydrogen-bond donors (Lipinski definition) is 1. The number of sulfone groups is 1. The van der Waals surface area contributed by atoms with Crippen LogP contribution in [0.3, 0.4) is 0 Å². The Hall–Kier alpha value is -0.300. The average molecular weight is 217 g/mol. The molecule has 0 aromatic heterocycles. The minimum atomic E-state index is -4.43. The molecular formula is C6H10F3NO2S. The van der Waals surface area contributed by atoms with Crippen LogP contribution in [-0.2, 0) is 9.84 Å². The van der Waals surface area contributed by atoms with E-state index >= 15 is 0 Å². The van der Waals surface area contributed by atoms with Crippen molar-refractivity contribution in [3.8, 4) is 0 Å². The van der Waals surface area contributed by atoms with E-state index in [-0.39, 0.29) is 13.1 Å². The van der Waals surface area contributed by atoms with Crippen LogP contribution in [0.5, 0.6) is 0 Å². The van der Waals surface area contributed by atoms with Gasteiger partial charge in [0.05, 0.1) is 11.2 Å². The Morgan fingerprint density at radius 1 is 1.31 bits per heavy atom. The average Bonchev–Trinajstić information content (AvgIpc) is 2.27. The molecule has 13 heavy (non-hydrogen) atoms. The summed E-state index contributed by atoms with van der Waals surface area (Å²) in [7, 11) is -3.62. The third-order valence-electron chi connectivity index (χ3n) is 2.13. The molecule has 0 spiro atoms. The number of hydrogen-bond acceptors (Lipinski definition) is 3. The van der Waals surface area contributed by atoms with Gasteiger partial charge in [-0.05, 0) is 0 Å². The van der Waals surface area contributed by atoms with Crippen LogP contribution >= 0.6 is 0 Å². The molecule has 0 aromatic rings. The predicted molar refractivity (Wildman–Crippen MR) is 41.0 cm³/mol. The van der Waals surface area contributed by atoms with Crippen molar-refractivity contribution >= 4 is 9.84 Å². The minimum Gasteiger partial charge on any atom is -0.315 e. The molecule has 7 heteroatoms. The quantitative estimate of drug-likeness (QED) is 0.681. The molecular weight excluding hydrogens is 207 g/mol. The van der Waals surface area contributed by atoms with E-state index in [1.807, 2.05) is 0 Å². The van der Waals surface area contributed by atoms with E-state index in [1.54, 1.807) is 0 Å². The monoisotopic (exact) mass is 217 g/mol. The summed E-state index contributed by atoms with van der Waals surface area (Å²) in [5.41, 5.74) is 0. The van der Waals surface area contributed by atoms with Crippen molar-refractivity contribution in [2.45, 2.75) is 11.4 Å². The van der Waals surface area contributed by atoms with Crippen molar-refractivity contribution < 1.29 is 21.6 Å². The van der Waals surface area contributed by atoms with Gasteiger partial charge in [0.1, 0.15) is 0 Å². The van der Waals surface area contributed by atoms with Crippen molar-refractivity contribution in [2.24, 2.45) is 5.92 Å². The molecule has 0 saturated carbocycles. The Morgan fingerprint density at radius 3 is 2.15 bits per heavy atom. The minimum absolute atomic E-state index is 0.108. The second-order valence-electron chi connectivity index (χ2n) is 3.17. The van der Waals surface area contributed by atoms with Gasteiger partial charge in [-0.3, -0.25) is 0 Å². The Bertz CT molecular complexity index is 285. The van der Waals surface area contributed by atoms with E-state index in [9.17, 15) is 21.6 Å². The molecule has 0 aliphatic carbocycles. The van der Waals surface area contributed by atoms with E-state index < -0.39 is 27.2 Å². The smallest absolute Gasteiger partial charge is 0.315 e. The molecule has 0 bridgehead atoms. The first kappa shape index (κ1) is 10.8. The molecule has 78 valence electrons. The molecule has 1 aliphatic rings. The SMILES string of the molecule is CS(=O)(=O)C1CNCC1C(F)(F)F. The lowest BCUT2D eigenvalue weighted by atomic mass is 10.1. The molecule has 1 fully saturated rings. The van der Waals surface area contributed by atoms with Gasteiger partial charge in [-0.25, -0.2) is 8.42 Å². The van der Waals surface area contributed by atoms with E-state index in [0.717, 1.165) is 6.26 Å². The third-order valence-corrected chi connectivity index (χ3v) is 3.72. The topological polar surface area (TPSA) is 46.2 Å². The standard InChI is InChI=1S/C6H10F3NO2S/c1-13(11,12)5-3-10-2-4(5)6(7,8)9/h4-5,10H,2-3H2,1H3. The summed E-state index contributed by atoms with van der Waals surface area (Å²) in [5, 5.41) is 1.11. The van der Waals surface area contributed by atoms with Gasteiger partial charge in [0.15, 0.2) is 9.84 Å². The molecule has 3 nitrogen and oxygen atoms in total. The lowest BCUT2D eigenvalue weighted by molar-refractivity contribution is -0.167. The molecule has 2 unspecified atom stereocenters. The van der Waals surface area contributed by atoms with E-state index in [1.165, 1.54) is 0 Å². The van der Waals surface area contributed by atoms with Crippen LogP contribution in [0, 0.1) is 5.92 Å². The fourth-order valence-electron chi connectivity index (χ4n) is 1.43. The zero-order chi connectivity index (χ0) is 10.3. The van der Waals surface area contributed by atoms with Crippen molar-refractivity contribution in [2.75, 3.05) is 19.3 Å². The van der Waals surface area contributed by atoms with Crippen LogP contribution in [0.4, 0.5) is 13.2 Å². The van der Waals surface area contributed by atoms with Crippen molar-refractivity contribution in [3.63, 3.8) is 0 Å².